The summed E-state index contributed by atoms with van der Waals surface area (Å²) in [4.78, 5) is 31.0. The molecule has 2 aromatic carbocycles. The Morgan fingerprint density at radius 1 is 0.974 bits per heavy atom. The number of aromatic hydroxyl groups is 1. The Morgan fingerprint density at radius 2 is 1.69 bits per heavy atom. The zero-order chi connectivity index (χ0) is 27.1. The van der Waals surface area contributed by atoms with Gasteiger partial charge in [0.25, 0.3) is 0 Å². The Labute approximate surface area is 224 Å². The lowest BCUT2D eigenvalue weighted by atomic mass is 10.2. The van der Waals surface area contributed by atoms with E-state index < -0.39 is 21.4 Å². The van der Waals surface area contributed by atoms with Crippen LogP contribution in [-0.4, -0.2) is 86.8 Å². The lowest BCUT2D eigenvalue weighted by Crippen LogP contribution is -2.47. The third kappa shape index (κ3) is 5.00. The van der Waals surface area contributed by atoms with Crippen molar-refractivity contribution < 1.29 is 18.3 Å². The third-order valence-electron chi connectivity index (χ3n) is 6.66. The number of aromatic nitrogens is 6. The summed E-state index contributed by atoms with van der Waals surface area (Å²) in [5.74, 6) is 0.168. The first-order chi connectivity index (χ1) is 18.7. The maximum absolute atomic E-state index is 12.5. The molecule has 0 spiro atoms. The number of sulfone groups is 1. The van der Waals surface area contributed by atoms with Crippen LogP contribution in [0.5, 0.6) is 5.75 Å². The summed E-state index contributed by atoms with van der Waals surface area (Å²) in [6.07, 6.45) is 4.28. The average Bonchev–Trinajstić information content (AvgIpc) is 3.52. The molecule has 3 aromatic heterocycles. The van der Waals surface area contributed by atoms with Crippen LogP contribution < -0.4 is 9.80 Å². The van der Waals surface area contributed by atoms with Crippen molar-refractivity contribution in [3.8, 4) is 11.6 Å². The number of hydrogen-bond acceptors (Lipinski definition) is 10. The summed E-state index contributed by atoms with van der Waals surface area (Å²) >= 11 is 0. The fourth-order valence-electron chi connectivity index (χ4n) is 4.82. The minimum atomic E-state index is -3.46. The summed E-state index contributed by atoms with van der Waals surface area (Å²) in [7, 11) is -3.46. The molecule has 0 saturated carbocycles. The molecular weight excluding hydrogens is 520 g/mol. The molecule has 0 bridgehead atoms. The molecule has 0 unspecified atom stereocenters. The molecule has 0 atom stereocenters. The lowest BCUT2D eigenvalue weighted by Gasteiger charge is -2.36. The number of rotatable bonds is 7. The maximum Gasteiger partial charge on any atom is 0.229 e. The highest BCUT2D eigenvalue weighted by atomic mass is 32.2. The van der Waals surface area contributed by atoms with E-state index in [4.69, 9.17) is 9.97 Å². The van der Waals surface area contributed by atoms with Gasteiger partial charge in [-0.25, -0.2) is 18.1 Å². The van der Waals surface area contributed by atoms with E-state index in [1.165, 1.54) is 6.33 Å². The molecule has 1 aliphatic heterocycles. The molecule has 39 heavy (non-hydrogen) atoms. The molecule has 0 aliphatic carbocycles. The summed E-state index contributed by atoms with van der Waals surface area (Å²) in [6.45, 7) is 2.56. The van der Waals surface area contributed by atoms with E-state index >= 15 is 0 Å². The van der Waals surface area contributed by atoms with E-state index in [1.54, 1.807) is 27.6 Å². The second-order valence-electron chi connectivity index (χ2n) is 9.61. The normalized spacial score (nSPS) is 14.4. The topological polar surface area (TPSA) is 139 Å². The van der Waals surface area contributed by atoms with Gasteiger partial charge in [-0.15, -0.1) is 0 Å². The van der Waals surface area contributed by atoms with E-state index in [9.17, 15) is 18.3 Å². The highest BCUT2D eigenvalue weighted by molar-refractivity contribution is 7.91. The fourth-order valence-corrected chi connectivity index (χ4v) is 5.50. The number of fused-ring (bicyclic) bond motifs is 2. The molecule has 12 nitrogen and oxygen atoms in total. The van der Waals surface area contributed by atoms with Gasteiger partial charge in [0.2, 0.25) is 5.95 Å². The van der Waals surface area contributed by atoms with E-state index in [0.717, 1.165) is 35.9 Å². The number of piperazine rings is 1. The molecule has 5 aromatic rings. The van der Waals surface area contributed by atoms with Crippen molar-refractivity contribution in [2.75, 3.05) is 48.0 Å². The first-order valence-electron chi connectivity index (χ1n) is 12.4. The molecular formula is C26H26N8O4S. The van der Waals surface area contributed by atoms with Crippen LogP contribution in [0.3, 0.4) is 0 Å². The van der Waals surface area contributed by atoms with E-state index in [0.29, 0.717) is 36.0 Å². The van der Waals surface area contributed by atoms with Gasteiger partial charge in [-0.1, -0.05) is 18.2 Å². The monoisotopic (exact) mass is 546 g/mol. The number of anilines is 2. The van der Waals surface area contributed by atoms with Gasteiger partial charge in [-0.2, -0.15) is 15.1 Å². The maximum atomic E-state index is 12.5. The molecule has 13 heteroatoms. The molecule has 1 fully saturated rings. The van der Waals surface area contributed by atoms with Crippen LogP contribution in [0.25, 0.3) is 27.9 Å². The number of para-hydroxylation sites is 1. The molecule has 0 amide bonds. The fraction of sp³-hybridized carbons (Fsp3) is 0.269. The van der Waals surface area contributed by atoms with Gasteiger partial charge in [0.05, 0.1) is 24.6 Å². The van der Waals surface area contributed by atoms with Crippen LogP contribution in [0, 0.1) is 0 Å². The van der Waals surface area contributed by atoms with Crippen molar-refractivity contribution in [3.05, 3.63) is 61.1 Å². The van der Waals surface area contributed by atoms with Crippen molar-refractivity contribution in [1.29, 1.82) is 0 Å². The third-order valence-corrected chi connectivity index (χ3v) is 7.51. The summed E-state index contributed by atoms with van der Waals surface area (Å²) in [5.41, 5.74) is 2.76. The molecule has 1 saturated heterocycles. The predicted molar refractivity (Wildman–Crippen MR) is 147 cm³/mol. The summed E-state index contributed by atoms with van der Waals surface area (Å²) in [6, 6.07) is 14.9. The zero-order valence-electron chi connectivity index (χ0n) is 21.2. The van der Waals surface area contributed by atoms with Crippen LogP contribution in [0.15, 0.2) is 61.1 Å². The van der Waals surface area contributed by atoms with Crippen molar-refractivity contribution in [1.82, 2.24) is 29.3 Å². The highest BCUT2D eigenvalue weighted by Crippen LogP contribution is 2.26. The second kappa shape index (κ2) is 9.66. The number of phenols is 1. The first-order valence-corrected chi connectivity index (χ1v) is 14.5. The molecule has 4 heterocycles. The zero-order valence-corrected chi connectivity index (χ0v) is 22.0. The van der Waals surface area contributed by atoms with Crippen molar-refractivity contribution in [2.45, 2.75) is 6.54 Å². The smallest absolute Gasteiger partial charge is 0.229 e. The number of phenolic OH excluding ortho intramolecular Hbond substituents is 1. The number of ketones is 1. The highest BCUT2D eigenvalue weighted by Gasteiger charge is 2.24. The second-order valence-corrected chi connectivity index (χ2v) is 11.7. The average molecular weight is 547 g/mol. The lowest BCUT2D eigenvalue weighted by molar-refractivity contribution is -0.117. The van der Waals surface area contributed by atoms with Crippen LogP contribution in [0.2, 0.25) is 0 Å². The largest absolute Gasteiger partial charge is 0.508 e. The van der Waals surface area contributed by atoms with Gasteiger partial charge in [0, 0.05) is 43.5 Å². The minimum absolute atomic E-state index is 0.173. The predicted octanol–water partition coefficient (Wildman–Crippen LogP) is 1.81. The molecule has 0 radical (unpaired) electrons. The Bertz CT molecular complexity index is 1790. The van der Waals surface area contributed by atoms with Gasteiger partial charge in [-0.05, 0) is 30.3 Å². The van der Waals surface area contributed by atoms with Crippen LogP contribution in [0.4, 0.5) is 11.6 Å². The number of imidazole rings is 1. The van der Waals surface area contributed by atoms with Crippen LogP contribution in [0.1, 0.15) is 0 Å². The number of Topliss-reactive ketones (excluding diaryl/α,β-unsaturated/α-hetero) is 1. The van der Waals surface area contributed by atoms with Crippen LogP contribution >= 0.6 is 0 Å². The quantitative estimate of drug-likeness (QED) is 0.321. The Balaban J connectivity index is 1.38. The minimum Gasteiger partial charge on any atom is -0.508 e. The SMILES string of the molecule is CS(=O)(=O)CC(=O)Cn1cnc2c(-n3ncc4ccccc43)nc(N3CCN(c4ccc(O)cc4)CC3)nc21. The number of carbonyl (C=O) groups is 1. The van der Waals surface area contributed by atoms with Crippen molar-refractivity contribution in [3.63, 3.8) is 0 Å². The Morgan fingerprint density at radius 3 is 2.44 bits per heavy atom. The molecule has 1 N–H and O–H groups in total. The number of benzene rings is 2. The van der Waals surface area contributed by atoms with Gasteiger partial charge in [0.15, 0.2) is 32.6 Å². The Kier molecular flexibility index (Phi) is 6.14. The number of carbonyl (C=O) groups excluding carboxylic acids is 1. The molecule has 1 aliphatic rings. The van der Waals surface area contributed by atoms with Gasteiger partial charge < -0.3 is 19.5 Å². The van der Waals surface area contributed by atoms with Gasteiger partial charge in [-0.3, -0.25) is 4.79 Å². The molecule has 200 valence electrons. The molecule has 6 rings (SSSR count). The van der Waals surface area contributed by atoms with Crippen LogP contribution in [-0.2, 0) is 21.2 Å². The van der Waals surface area contributed by atoms with Crippen molar-refractivity contribution >= 4 is 49.3 Å². The van der Waals surface area contributed by atoms with E-state index in [2.05, 4.69) is 19.9 Å². The number of nitrogens with zero attached hydrogens (tertiary/aromatic N) is 8. The Hall–Kier alpha value is -4.52. The first kappa shape index (κ1) is 24.8. The van der Waals surface area contributed by atoms with Gasteiger partial charge in [0.1, 0.15) is 11.5 Å². The summed E-state index contributed by atoms with van der Waals surface area (Å²) < 4.78 is 26.6. The summed E-state index contributed by atoms with van der Waals surface area (Å²) in [5, 5.41) is 15.1. The number of hydrogen-bond donors (Lipinski definition) is 1. The van der Waals surface area contributed by atoms with Gasteiger partial charge >= 0.3 is 0 Å². The van der Waals surface area contributed by atoms with E-state index in [1.807, 2.05) is 36.4 Å². The standard InChI is InChI=1S/C26H26N8O4S/c1-39(37,38)16-21(36)15-33-17-27-23-24(33)29-26(30-25(23)34-22-5-3-2-4-18(22)14-28-34)32-12-10-31(11-13-32)19-6-8-20(35)9-7-19/h2-9,14,17,35H,10-13,15-16H2,1H3. The van der Waals surface area contributed by atoms with Crippen molar-refractivity contribution in [2.24, 2.45) is 0 Å². The van der Waals surface area contributed by atoms with E-state index in [-0.39, 0.29) is 12.3 Å².